The van der Waals surface area contributed by atoms with E-state index in [9.17, 15) is 13.6 Å². The molecule has 8 heteroatoms. The number of carbonyl (C=O) groups excluding carboxylic acids is 1. The first-order valence-electron chi connectivity index (χ1n) is 9.83. The molecule has 2 aromatic heterocycles. The number of fused-ring (bicyclic) bond motifs is 1. The molecule has 32 heavy (non-hydrogen) atoms. The minimum atomic E-state index is -0.559. The zero-order chi connectivity index (χ0) is 22.2. The minimum absolute atomic E-state index is 0.101. The first-order chi connectivity index (χ1) is 15.5. The number of hydrogen-bond donors (Lipinski definition) is 1. The van der Waals surface area contributed by atoms with E-state index in [2.05, 4.69) is 15.4 Å². The monoisotopic (exact) mass is 429 g/mol. The number of nitrogens with zero attached hydrogens (tertiary/aromatic N) is 4. The van der Waals surface area contributed by atoms with Crippen LogP contribution in [0.5, 0.6) is 0 Å². The summed E-state index contributed by atoms with van der Waals surface area (Å²) < 4.78 is 31.9. The van der Waals surface area contributed by atoms with Crippen molar-refractivity contribution in [3.63, 3.8) is 0 Å². The first-order valence-corrected chi connectivity index (χ1v) is 9.83. The normalized spacial score (nSPS) is 11.1. The van der Waals surface area contributed by atoms with Crippen molar-refractivity contribution in [2.75, 3.05) is 5.32 Å². The van der Waals surface area contributed by atoms with Gasteiger partial charge < -0.3 is 5.32 Å². The van der Waals surface area contributed by atoms with Gasteiger partial charge in [0.25, 0.3) is 0 Å². The van der Waals surface area contributed by atoms with E-state index in [1.54, 1.807) is 35.4 Å². The molecule has 0 radical (unpaired) electrons. The number of benzene rings is 3. The Bertz CT molecular complexity index is 1460. The van der Waals surface area contributed by atoms with E-state index in [0.717, 1.165) is 34.9 Å². The van der Waals surface area contributed by atoms with Crippen LogP contribution in [0.25, 0.3) is 33.5 Å². The lowest BCUT2D eigenvalue weighted by Crippen LogP contribution is -2.07. The second-order valence-electron chi connectivity index (χ2n) is 7.31. The van der Waals surface area contributed by atoms with Gasteiger partial charge in [0, 0.05) is 36.3 Å². The van der Waals surface area contributed by atoms with Crippen LogP contribution in [0, 0.1) is 11.6 Å². The van der Waals surface area contributed by atoms with Crippen LogP contribution < -0.4 is 5.32 Å². The molecule has 1 amide bonds. The fraction of sp³-hybridized carbons (Fsp3) is 0.0417. The smallest absolute Gasteiger partial charge is 0.221 e. The molecule has 0 unspecified atom stereocenters. The molecule has 0 atom stereocenters. The highest BCUT2D eigenvalue weighted by Crippen LogP contribution is 2.31. The molecular formula is C24H17F2N5O. The highest BCUT2D eigenvalue weighted by molar-refractivity contribution is 5.90. The van der Waals surface area contributed by atoms with Crippen LogP contribution in [0.4, 0.5) is 14.5 Å². The van der Waals surface area contributed by atoms with Crippen LogP contribution in [0.15, 0.2) is 79.4 Å². The Kier molecular flexibility index (Phi) is 4.74. The second kappa shape index (κ2) is 7.73. The summed E-state index contributed by atoms with van der Waals surface area (Å²) in [6, 6.07) is 15.9. The lowest BCUT2D eigenvalue weighted by Gasteiger charge is -2.13. The SMILES string of the molecule is CC(=O)Nc1cc(-c2cc(F)ccc2F)cc(-n2cnc3cc(-n4cccn4)ccc32)c1. The maximum Gasteiger partial charge on any atom is 0.221 e. The predicted molar refractivity (Wildman–Crippen MR) is 118 cm³/mol. The Morgan fingerprint density at radius 3 is 2.66 bits per heavy atom. The number of aromatic nitrogens is 4. The van der Waals surface area contributed by atoms with Crippen LogP contribution in [0.2, 0.25) is 0 Å². The molecule has 5 rings (SSSR count). The van der Waals surface area contributed by atoms with Crippen LogP contribution in [-0.4, -0.2) is 25.2 Å². The third-order valence-electron chi connectivity index (χ3n) is 5.06. The van der Waals surface area contributed by atoms with Gasteiger partial charge in [0.15, 0.2) is 0 Å². The maximum absolute atomic E-state index is 14.5. The van der Waals surface area contributed by atoms with E-state index in [0.29, 0.717) is 16.9 Å². The summed E-state index contributed by atoms with van der Waals surface area (Å²) in [5.41, 5.74) is 4.05. The highest BCUT2D eigenvalue weighted by atomic mass is 19.1. The summed E-state index contributed by atoms with van der Waals surface area (Å²) in [6.45, 7) is 1.39. The Morgan fingerprint density at radius 2 is 1.88 bits per heavy atom. The van der Waals surface area contributed by atoms with Crippen molar-refractivity contribution in [3.8, 4) is 22.5 Å². The van der Waals surface area contributed by atoms with Crippen molar-refractivity contribution in [2.45, 2.75) is 6.92 Å². The molecule has 2 heterocycles. The van der Waals surface area contributed by atoms with E-state index >= 15 is 0 Å². The molecule has 0 fully saturated rings. The van der Waals surface area contributed by atoms with Crippen molar-refractivity contribution in [1.82, 2.24) is 19.3 Å². The number of imidazole rings is 1. The molecule has 0 aliphatic carbocycles. The quantitative estimate of drug-likeness (QED) is 0.432. The summed E-state index contributed by atoms with van der Waals surface area (Å²) in [6.07, 6.45) is 5.19. The van der Waals surface area contributed by atoms with E-state index < -0.39 is 11.6 Å². The highest BCUT2D eigenvalue weighted by Gasteiger charge is 2.13. The molecule has 0 aliphatic rings. The van der Waals surface area contributed by atoms with Crippen molar-refractivity contribution in [1.29, 1.82) is 0 Å². The molecular weight excluding hydrogens is 412 g/mol. The molecule has 0 saturated heterocycles. The molecule has 158 valence electrons. The fourth-order valence-corrected chi connectivity index (χ4v) is 3.67. The molecule has 6 nitrogen and oxygen atoms in total. The topological polar surface area (TPSA) is 64.7 Å². The predicted octanol–water partition coefficient (Wildman–Crippen LogP) is 5.11. The molecule has 0 bridgehead atoms. The Morgan fingerprint density at radius 1 is 1.00 bits per heavy atom. The number of hydrogen-bond acceptors (Lipinski definition) is 3. The van der Waals surface area contributed by atoms with Crippen LogP contribution >= 0.6 is 0 Å². The lowest BCUT2D eigenvalue weighted by molar-refractivity contribution is -0.114. The Labute approximate surface area is 181 Å². The summed E-state index contributed by atoms with van der Waals surface area (Å²) in [5.74, 6) is -1.38. The molecule has 3 aromatic carbocycles. The third-order valence-corrected chi connectivity index (χ3v) is 5.06. The van der Waals surface area contributed by atoms with Crippen LogP contribution in [0.1, 0.15) is 6.92 Å². The van der Waals surface area contributed by atoms with E-state index in [1.807, 2.05) is 35.0 Å². The standard InChI is InChI=1S/C24H17F2N5O/c1-15(32)29-18-9-16(21-11-17(25)3-5-22(21)26)10-20(12-18)30-14-27-23-13-19(4-6-24(23)30)31-8-2-7-28-31/h2-14H,1H3,(H,29,32). The van der Waals surface area contributed by atoms with Gasteiger partial charge >= 0.3 is 0 Å². The number of rotatable bonds is 4. The van der Waals surface area contributed by atoms with Gasteiger partial charge in [-0.25, -0.2) is 18.4 Å². The van der Waals surface area contributed by atoms with E-state index in [-0.39, 0.29) is 11.5 Å². The average Bonchev–Trinajstić information content (AvgIpc) is 3.44. The number of halogens is 2. The summed E-state index contributed by atoms with van der Waals surface area (Å²) in [7, 11) is 0. The fourth-order valence-electron chi connectivity index (χ4n) is 3.67. The molecule has 5 aromatic rings. The van der Waals surface area contributed by atoms with E-state index in [1.165, 1.54) is 6.92 Å². The molecule has 1 N–H and O–H groups in total. The van der Waals surface area contributed by atoms with Gasteiger partial charge in [-0.2, -0.15) is 5.10 Å². The van der Waals surface area contributed by atoms with Gasteiger partial charge in [0.1, 0.15) is 18.0 Å². The summed E-state index contributed by atoms with van der Waals surface area (Å²) in [5, 5.41) is 6.96. The minimum Gasteiger partial charge on any atom is -0.326 e. The Hall–Kier alpha value is -4.33. The van der Waals surface area contributed by atoms with Crippen molar-refractivity contribution in [2.24, 2.45) is 0 Å². The van der Waals surface area contributed by atoms with Crippen molar-refractivity contribution in [3.05, 3.63) is 91.0 Å². The zero-order valence-electron chi connectivity index (χ0n) is 17.0. The van der Waals surface area contributed by atoms with Crippen molar-refractivity contribution < 1.29 is 13.6 Å². The van der Waals surface area contributed by atoms with Gasteiger partial charge in [-0.1, -0.05) is 0 Å². The van der Waals surface area contributed by atoms with Crippen molar-refractivity contribution >= 4 is 22.6 Å². The molecule has 0 saturated carbocycles. The number of anilines is 1. The first kappa shape index (κ1) is 19.6. The number of carbonyl (C=O) groups is 1. The maximum atomic E-state index is 14.5. The van der Waals surface area contributed by atoms with Gasteiger partial charge in [0.2, 0.25) is 5.91 Å². The van der Waals surface area contributed by atoms with Crippen LogP contribution in [0.3, 0.4) is 0 Å². The van der Waals surface area contributed by atoms with Gasteiger partial charge in [-0.05, 0) is 66.2 Å². The van der Waals surface area contributed by atoms with Crippen LogP contribution in [-0.2, 0) is 4.79 Å². The van der Waals surface area contributed by atoms with Gasteiger partial charge in [-0.15, -0.1) is 0 Å². The lowest BCUT2D eigenvalue weighted by atomic mass is 10.0. The molecule has 0 aliphatic heterocycles. The third kappa shape index (κ3) is 3.62. The summed E-state index contributed by atoms with van der Waals surface area (Å²) >= 11 is 0. The van der Waals surface area contributed by atoms with E-state index in [4.69, 9.17) is 0 Å². The van der Waals surface area contributed by atoms with Gasteiger partial charge in [-0.3, -0.25) is 9.36 Å². The Balaban J connectivity index is 1.66. The van der Waals surface area contributed by atoms with Gasteiger partial charge in [0.05, 0.1) is 16.7 Å². The summed E-state index contributed by atoms with van der Waals surface area (Å²) in [4.78, 5) is 16.2. The average molecular weight is 429 g/mol. The zero-order valence-corrected chi connectivity index (χ0v) is 17.0. The number of nitrogens with one attached hydrogen (secondary N) is 1. The number of amides is 1. The largest absolute Gasteiger partial charge is 0.326 e. The second-order valence-corrected chi connectivity index (χ2v) is 7.31. The molecule has 0 spiro atoms.